The van der Waals surface area contributed by atoms with E-state index in [9.17, 15) is 0 Å². The van der Waals surface area contributed by atoms with Gasteiger partial charge in [0.1, 0.15) is 17.8 Å². The molecule has 0 aliphatic carbocycles. The maximum absolute atomic E-state index is 7.36. The zero-order valence-corrected chi connectivity index (χ0v) is 12.9. The van der Waals surface area contributed by atoms with Gasteiger partial charge < -0.3 is 22.9 Å². The summed E-state index contributed by atoms with van der Waals surface area (Å²) >= 11 is 0. The summed E-state index contributed by atoms with van der Waals surface area (Å²) in [6.45, 7) is 0.484. The Morgan fingerprint density at radius 2 is 1.95 bits per heavy atom. The average molecular weight is 317 g/mol. The Labute approximate surface area is 134 Å². The van der Waals surface area contributed by atoms with Crippen LogP contribution in [-0.2, 0) is 13.7 Å². The molecule has 0 atom stereocenters. The number of nitrogens with one attached hydrogen (secondary N) is 1. The Bertz CT molecular complexity index is 796. The van der Waals surface area contributed by atoms with Crippen LogP contribution in [-0.4, -0.2) is 10.4 Å². The first-order valence-corrected chi connectivity index (χ1v) is 6.67. The van der Waals surface area contributed by atoms with Crippen molar-refractivity contribution in [3.63, 3.8) is 0 Å². The number of fused-ring (bicyclic) bond motifs is 1. The first-order chi connectivity index (χ1) is 10.1. The summed E-state index contributed by atoms with van der Waals surface area (Å²) in [5.41, 5.74) is 8.32. The number of nitrogen functional groups attached to an aromatic ring is 1. The summed E-state index contributed by atoms with van der Waals surface area (Å²) in [4.78, 5) is 0. The fraction of sp³-hybridized carbons (Fsp3) is 0.125. The molecular formula is C16H17ClN4O. The number of ether oxygens (including phenoxy) is 1. The van der Waals surface area contributed by atoms with Crippen LogP contribution in [0.25, 0.3) is 5.65 Å². The zero-order chi connectivity index (χ0) is 14.8. The molecule has 5 nitrogen and oxygen atoms in total. The lowest BCUT2D eigenvalue weighted by Gasteiger charge is -2.05. The van der Waals surface area contributed by atoms with Crippen LogP contribution >= 0.6 is 0 Å². The quantitative estimate of drug-likeness (QED) is 0.354. The van der Waals surface area contributed by atoms with E-state index in [2.05, 4.69) is 21.2 Å². The highest BCUT2D eigenvalue weighted by Crippen LogP contribution is 2.14. The van der Waals surface area contributed by atoms with E-state index in [1.165, 1.54) is 0 Å². The number of hydrogen-bond donors (Lipinski definition) is 2. The van der Waals surface area contributed by atoms with Gasteiger partial charge in [-0.15, -0.1) is 0 Å². The predicted octanol–water partition coefficient (Wildman–Crippen LogP) is -1.37. The summed E-state index contributed by atoms with van der Waals surface area (Å²) in [5.74, 6) is 0.821. The van der Waals surface area contributed by atoms with Crippen molar-refractivity contribution in [1.82, 2.24) is 4.57 Å². The van der Waals surface area contributed by atoms with Gasteiger partial charge in [-0.1, -0.05) is 6.07 Å². The number of aryl methyl sites for hydroxylation is 1. The molecule has 2 heterocycles. The number of pyridine rings is 1. The molecule has 3 aromatic rings. The molecule has 3 N–H and O–H groups in total. The number of aromatic nitrogens is 2. The minimum absolute atomic E-state index is 0. The molecule has 2 aromatic heterocycles. The van der Waals surface area contributed by atoms with Gasteiger partial charge in [0.25, 0.3) is 5.65 Å². The molecule has 3 rings (SSSR count). The standard InChI is InChI=1S/C16H17N4O.ClH/c1-19-13(10-20-9-3-2-4-15(19)20)11-21-14-7-5-12(6-8-14)16(17)18;/h2-10H,11H2,1H3,(H3,17,18);1H/q+1;/p-1. The lowest BCUT2D eigenvalue weighted by atomic mass is 10.2. The molecule has 0 spiro atoms. The number of nitrogens with two attached hydrogens (primary N) is 1. The summed E-state index contributed by atoms with van der Waals surface area (Å²) in [7, 11) is 2.02. The van der Waals surface area contributed by atoms with Gasteiger partial charge in [0.15, 0.2) is 12.3 Å². The van der Waals surface area contributed by atoms with E-state index in [0.717, 1.165) is 17.1 Å². The molecular weight excluding hydrogens is 300 g/mol. The van der Waals surface area contributed by atoms with Crippen LogP contribution in [0.15, 0.2) is 54.9 Å². The van der Waals surface area contributed by atoms with E-state index in [4.69, 9.17) is 15.9 Å². The van der Waals surface area contributed by atoms with Crippen molar-refractivity contribution < 1.29 is 21.5 Å². The van der Waals surface area contributed by atoms with Crippen LogP contribution in [0.2, 0.25) is 0 Å². The SMILES string of the molecule is Cn1c(COc2ccc(C(=N)N)cc2)c[n+]2ccccc12.[Cl-]. The normalized spacial score (nSPS) is 10.2. The van der Waals surface area contributed by atoms with E-state index in [1.54, 1.807) is 12.1 Å². The van der Waals surface area contributed by atoms with Crippen molar-refractivity contribution in [2.75, 3.05) is 0 Å². The van der Waals surface area contributed by atoms with Crippen molar-refractivity contribution in [3.05, 3.63) is 66.1 Å². The summed E-state index contributed by atoms with van der Waals surface area (Å²) in [5, 5.41) is 7.36. The third-order valence-electron chi connectivity index (χ3n) is 3.48. The van der Waals surface area contributed by atoms with Crippen LogP contribution in [0.4, 0.5) is 0 Å². The van der Waals surface area contributed by atoms with Gasteiger partial charge in [-0.3, -0.25) is 5.41 Å². The van der Waals surface area contributed by atoms with Gasteiger partial charge in [-0.05, 0) is 30.3 Å². The highest BCUT2D eigenvalue weighted by molar-refractivity contribution is 5.94. The molecule has 6 heteroatoms. The average Bonchev–Trinajstić information content (AvgIpc) is 2.82. The first-order valence-electron chi connectivity index (χ1n) is 6.67. The zero-order valence-electron chi connectivity index (χ0n) is 12.2. The fourth-order valence-electron chi connectivity index (χ4n) is 2.26. The molecule has 22 heavy (non-hydrogen) atoms. The first kappa shape index (κ1) is 15.9. The number of amidine groups is 1. The molecule has 0 fully saturated rings. The molecule has 0 aliphatic heterocycles. The van der Waals surface area contributed by atoms with Gasteiger partial charge in [-0.2, -0.15) is 0 Å². The Morgan fingerprint density at radius 3 is 2.59 bits per heavy atom. The molecule has 114 valence electrons. The number of imidazole rings is 1. The highest BCUT2D eigenvalue weighted by atomic mass is 35.5. The maximum atomic E-state index is 7.36. The van der Waals surface area contributed by atoms with Crippen LogP contribution < -0.4 is 27.3 Å². The van der Waals surface area contributed by atoms with Gasteiger partial charge in [0.05, 0.1) is 13.2 Å². The van der Waals surface area contributed by atoms with E-state index >= 15 is 0 Å². The number of benzene rings is 1. The number of rotatable bonds is 4. The smallest absolute Gasteiger partial charge is 0.286 e. The number of halogens is 1. The van der Waals surface area contributed by atoms with Crippen molar-refractivity contribution in [3.8, 4) is 5.75 Å². The van der Waals surface area contributed by atoms with E-state index in [-0.39, 0.29) is 18.2 Å². The van der Waals surface area contributed by atoms with Crippen LogP contribution in [0, 0.1) is 5.41 Å². The molecule has 0 aliphatic rings. The minimum Gasteiger partial charge on any atom is -1.00 e. The monoisotopic (exact) mass is 316 g/mol. The second kappa shape index (κ2) is 6.49. The Morgan fingerprint density at radius 1 is 1.23 bits per heavy atom. The van der Waals surface area contributed by atoms with Crippen LogP contribution in [0.3, 0.4) is 0 Å². The lowest BCUT2D eigenvalue weighted by molar-refractivity contribution is -0.511. The predicted molar refractivity (Wildman–Crippen MR) is 80.4 cm³/mol. The van der Waals surface area contributed by atoms with Gasteiger partial charge in [0, 0.05) is 11.6 Å². The minimum atomic E-state index is 0. The molecule has 1 aromatic carbocycles. The van der Waals surface area contributed by atoms with Gasteiger partial charge in [-0.25, -0.2) is 8.97 Å². The molecule has 0 amide bonds. The Hall–Kier alpha value is -2.53. The maximum Gasteiger partial charge on any atom is 0.286 e. The Balaban J connectivity index is 0.00000176. The topological polar surface area (TPSA) is 68.1 Å². The summed E-state index contributed by atoms with van der Waals surface area (Å²) in [6, 6.07) is 13.3. The van der Waals surface area contributed by atoms with Crippen LogP contribution in [0.5, 0.6) is 5.75 Å². The fourth-order valence-corrected chi connectivity index (χ4v) is 2.26. The molecule has 0 saturated carbocycles. The summed E-state index contributed by atoms with van der Waals surface area (Å²) < 4.78 is 9.96. The largest absolute Gasteiger partial charge is 1.00 e. The molecule has 0 saturated heterocycles. The van der Waals surface area contributed by atoms with E-state index in [0.29, 0.717) is 12.2 Å². The van der Waals surface area contributed by atoms with E-state index < -0.39 is 0 Å². The van der Waals surface area contributed by atoms with Crippen molar-refractivity contribution >= 4 is 11.5 Å². The molecule has 0 unspecified atom stereocenters. The number of hydrogen-bond acceptors (Lipinski definition) is 2. The van der Waals surface area contributed by atoms with Crippen molar-refractivity contribution in [2.45, 2.75) is 6.61 Å². The Kier molecular flexibility index (Phi) is 4.68. The van der Waals surface area contributed by atoms with Gasteiger partial charge in [0.2, 0.25) is 0 Å². The third kappa shape index (κ3) is 3.04. The lowest BCUT2D eigenvalue weighted by Crippen LogP contribution is -3.00. The molecule has 0 bridgehead atoms. The molecule has 0 radical (unpaired) electrons. The van der Waals surface area contributed by atoms with Crippen molar-refractivity contribution in [2.24, 2.45) is 12.8 Å². The van der Waals surface area contributed by atoms with Gasteiger partial charge >= 0.3 is 0 Å². The summed E-state index contributed by atoms with van der Waals surface area (Å²) in [6.07, 6.45) is 4.07. The highest BCUT2D eigenvalue weighted by Gasteiger charge is 2.13. The number of nitrogens with zero attached hydrogens (tertiary/aromatic N) is 2. The van der Waals surface area contributed by atoms with E-state index in [1.807, 2.05) is 37.5 Å². The second-order valence-corrected chi connectivity index (χ2v) is 4.87. The van der Waals surface area contributed by atoms with Crippen LogP contribution in [0.1, 0.15) is 11.3 Å². The third-order valence-corrected chi connectivity index (χ3v) is 3.48. The second-order valence-electron chi connectivity index (χ2n) is 4.87. The van der Waals surface area contributed by atoms with Crippen molar-refractivity contribution in [1.29, 1.82) is 5.41 Å².